The maximum absolute atomic E-state index is 11.0. The van der Waals surface area contributed by atoms with Gasteiger partial charge in [-0.05, 0) is 12.1 Å². The SMILES string of the molecule is O=C1CN=C(C2COc3ccccc3O2)N1. The van der Waals surface area contributed by atoms with Gasteiger partial charge in [0.1, 0.15) is 19.0 Å². The van der Waals surface area contributed by atoms with Gasteiger partial charge < -0.3 is 14.8 Å². The van der Waals surface area contributed by atoms with E-state index in [9.17, 15) is 4.79 Å². The topological polar surface area (TPSA) is 59.9 Å². The van der Waals surface area contributed by atoms with Crippen LogP contribution >= 0.6 is 0 Å². The lowest BCUT2D eigenvalue weighted by atomic mass is 10.2. The predicted molar refractivity (Wildman–Crippen MR) is 56.8 cm³/mol. The second-order valence-electron chi connectivity index (χ2n) is 3.61. The second kappa shape index (κ2) is 3.52. The first-order chi connectivity index (χ1) is 7.83. The van der Waals surface area contributed by atoms with Crippen LogP contribution in [0.5, 0.6) is 11.5 Å². The van der Waals surface area contributed by atoms with Crippen molar-refractivity contribution >= 4 is 11.7 Å². The lowest BCUT2D eigenvalue weighted by Crippen LogP contribution is -2.43. The molecule has 1 aromatic carbocycles. The number of carbonyl (C=O) groups excluding carboxylic acids is 1. The van der Waals surface area contributed by atoms with E-state index in [-0.39, 0.29) is 18.6 Å². The van der Waals surface area contributed by atoms with Gasteiger partial charge in [0.05, 0.1) is 0 Å². The van der Waals surface area contributed by atoms with Crippen molar-refractivity contribution in [3.8, 4) is 11.5 Å². The number of rotatable bonds is 1. The molecule has 1 atom stereocenters. The molecule has 0 radical (unpaired) electrons. The minimum Gasteiger partial charge on any atom is -0.485 e. The number of fused-ring (bicyclic) bond motifs is 1. The first-order valence-electron chi connectivity index (χ1n) is 5.05. The summed E-state index contributed by atoms with van der Waals surface area (Å²) in [4.78, 5) is 15.1. The summed E-state index contributed by atoms with van der Waals surface area (Å²) in [5.41, 5.74) is 0. The summed E-state index contributed by atoms with van der Waals surface area (Å²) >= 11 is 0. The van der Waals surface area contributed by atoms with E-state index in [1.54, 1.807) is 0 Å². The Bertz CT molecular complexity index is 470. The van der Waals surface area contributed by atoms with Crippen LogP contribution in [0.15, 0.2) is 29.3 Å². The zero-order chi connectivity index (χ0) is 11.0. The zero-order valence-corrected chi connectivity index (χ0v) is 8.47. The summed E-state index contributed by atoms with van der Waals surface area (Å²) in [7, 11) is 0. The van der Waals surface area contributed by atoms with E-state index in [0.717, 1.165) is 5.75 Å². The summed E-state index contributed by atoms with van der Waals surface area (Å²) in [6.07, 6.45) is -0.318. The molecule has 0 bridgehead atoms. The van der Waals surface area contributed by atoms with Crippen molar-refractivity contribution in [2.75, 3.05) is 13.2 Å². The number of nitrogens with one attached hydrogen (secondary N) is 1. The fourth-order valence-corrected chi connectivity index (χ4v) is 1.72. The Hall–Kier alpha value is -2.04. The Kier molecular flexibility index (Phi) is 2.02. The van der Waals surface area contributed by atoms with Crippen LogP contribution in [0.4, 0.5) is 0 Å². The number of carbonyl (C=O) groups is 1. The van der Waals surface area contributed by atoms with Crippen molar-refractivity contribution in [3.63, 3.8) is 0 Å². The third-order valence-electron chi connectivity index (χ3n) is 2.47. The zero-order valence-electron chi connectivity index (χ0n) is 8.47. The smallest absolute Gasteiger partial charge is 0.247 e. The average Bonchev–Trinajstić information content (AvgIpc) is 2.75. The van der Waals surface area contributed by atoms with E-state index < -0.39 is 0 Å². The quantitative estimate of drug-likeness (QED) is 0.740. The Morgan fingerprint density at radius 2 is 2.12 bits per heavy atom. The molecule has 5 heteroatoms. The van der Waals surface area contributed by atoms with Gasteiger partial charge in [0, 0.05) is 0 Å². The van der Waals surface area contributed by atoms with Crippen LogP contribution in [0.3, 0.4) is 0 Å². The Morgan fingerprint density at radius 3 is 2.88 bits per heavy atom. The minimum atomic E-state index is -0.318. The van der Waals surface area contributed by atoms with Crippen molar-refractivity contribution in [1.29, 1.82) is 0 Å². The van der Waals surface area contributed by atoms with Gasteiger partial charge in [-0.25, -0.2) is 0 Å². The average molecular weight is 218 g/mol. The molecule has 2 aliphatic heterocycles. The van der Waals surface area contributed by atoms with Crippen molar-refractivity contribution < 1.29 is 14.3 Å². The van der Waals surface area contributed by atoms with Crippen molar-refractivity contribution in [2.45, 2.75) is 6.10 Å². The molecular weight excluding hydrogens is 208 g/mol. The number of para-hydroxylation sites is 2. The van der Waals surface area contributed by atoms with E-state index in [4.69, 9.17) is 9.47 Å². The Labute approximate surface area is 92.1 Å². The van der Waals surface area contributed by atoms with Crippen LogP contribution in [-0.2, 0) is 4.79 Å². The maximum Gasteiger partial charge on any atom is 0.247 e. The van der Waals surface area contributed by atoms with E-state index in [1.165, 1.54) is 0 Å². The van der Waals surface area contributed by atoms with Crippen LogP contribution < -0.4 is 14.8 Å². The highest BCUT2D eigenvalue weighted by Gasteiger charge is 2.29. The third kappa shape index (κ3) is 1.50. The van der Waals surface area contributed by atoms with Crippen molar-refractivity contribution in [1.82, 2.24) is 5.32 Å². The number of ether oxygens (including phenoxy) is 2. The molecule has 0 aromatic heterocycles. The number of hydrogen-bond donors (Lipinski definition) is 1. The van der Waals surface area contributed by atoms with Crippen LogP contribution in [0, 0.1) is 0 Å². The van der Waals surface area contributed by atoms with Gasteiger partial charge >= 0.3 is 0 Å². The monoisotopic (exact) mass is 218 g/mol. The third-order valence-corrected chi connectivity index (χ3v) is 2.47. The fourth-order valence-electron chi connectivity index (χ4n) is 1.72. The first-order valence-corrected chi connectivity index (χ1v) is 5.05. The molecule has 2 heterocycles. The molecule has 1 amide bonds. The molecule has 0 aliphatic carbocycles. The number of hydrogen-bond acceptors (Lipinski definition) is 4. The van der Waals surface area contributed by atoms with Gasteiger partial charge in [0.15, 0.2) is 17.6 Å². The van der Waals surface area contributed by atoms with Gasteiger partial charge in [-0.3, -0.25) is 9.79 Å². The van der Waals surface area contributed by atoms with Crippen LogP contribution in [0.2, 0.25) is 0 Å². The van der Waals surface area contributed by atoms with Crippen LogP contribution in [0.1, 0.15) is 0 Å². The molecule has 1 aromatic rings. The number of benzene rings is 1. The number of nitrogens with zero attached hydrogens (tertiary/aromatic N) is 1. The van der Waals surface area contributed by atoms with Gasteiger partial charge in [-0.2, -0.15) is 0 Å². The van der Waals surface area contributed by atoms with E-state index >= 15 is 0 Å². The molecule has 0 saturated carbocycles. The van der Waals surface area contributed by atoms with Gasteiger partial charge in [-0.15, -0.1) is 0 Å². The van der Waals surface area contributed by atoms with Gasteiger partial charge in [0.25, 0.3) is 0 Å². The van der Waals surface area contributed by atoms with Crippen molar-refractivity contribution in [2.24, 2.45) is 4.99 Å². The van der Waals surface area contributed by atoms with Crippen LogP contribution in [0.25, 0.3) is 0 Å². The van der Waals surface area contributed by atoms with Gasteiger partial charge in [-0.1, -0.05) is 12.1 Å². The van der Waals surface area contributed by atoms with E-state index in [2.05, 4.69) is 10.3 Å². The van der Waals surface area contributed by atoms with Gasteiger partial charge in [0.2, 0.25) is 5.91 Å². The molecule has 2 aliphatic rings. The summed E-state index contributed by atoms with van der Waals surface area (Å²) in [6, 6.07) is 7.44. The molecule has 1 N–H and O–H groups in total. The number of aliphatic imine (C=N–C) groups is 1. The van der Waals surface area contributed by atoms with E-state index in [1.807, 2.05) is 24.3 Å². The molecule has 3 rings (SSSR count). The highest BCUT2D eigenvalue weighted by molar-refractivity contribution is 6.06. The molecule has 5 nitrogen and oxygen atoms in total. The highest BCUT2D eigenvalue weighted by atomic mass is 16.6. The molecule has 0 spiro atoms. The summed E-state index contributed by atoms with van der Waals surface area (Å²) in [5, 5.41) is 2.66. The maximum atomic E-state index is 11.0. The number of amides is 1. The molecule has 1 unspecified atom stereocenters. The van der Waals surface area contributed by atoms with E-state index in [0.29, 0.717) is 18.2 Å². The largest absolute Gasteiger partial charge is 0.485 e. The Morgan fingerprint density at radius 1 is 1.31 bits per heavy atom. The summed E-state index contributed by atoms with van der Waals surface area (Å²) < 4.78 is 11.2. The second-order valence-corrected chi connectivity index (χ2v) is 3.61. The highest BCUT2D eigenvalue weighted by Crippen LogP contribution is 2.31. The summed E-state index contributed by atoms with van der Waals surface area (Å²) in [6.45, 7) is 0.549. The van der Waals surface area contributed by atoms with Crippen LogP contribution in [-0.4, -0.2) is 31.0 Å². The Balaban J connectivity index is 1.80. The summed E-state index contributed by atoms with van der Waals surface area (Å²) in [5.74, 6) is 1.86. The predicted octanol–water partition coefficient (Wildman–Crippen LogP) is 0.355. The molecular formula is C11H10N2O3. The van der Waals surface area contributed by atoms with Crippen molar-refractivity contribution in [3.05, 3.63) is 24.3 Å². The number of amidine groups is 1. The standard InChI is InChI=1S/C11H10N2O3/c14-10-5-12-11(13-10)9-6-15-7-3-1-2-4-8(7)16-9/h1-4,9H,5-6H2,(H,12,13,14). The molecule has 16 heavy (non-hydrogen) atoms. The molecule has 0 saturated heterocycles. The normalized spacial score (nSPS) is 22.6. The minimum absolute atomic E-state index is 0.0996. The fraction of sp³-hybridized carbons (Fsp3) is 0.273. The molecule has 0 fully saturated rings. The lowest BCUT2D eigenvalue weighted by Gasteiger charge is -2.26. The lowest BCUT2D eigenvalue weighted by molar-refractivity contribution is -0.117. The molecule has 82 valence electrons. The first kappa shape index (κ1) is 9.21.